The quantitative estimate of drug-likeness (QED) is 0.833. The topological polar surface area (TPSA) is 61.3 Å². The highest BCUT2D eigenvalue weighted by molar-refractivity contribution is 7.80. The fraction of sp³-hybridized carbons (Fsp3) is 0.267. The van der Waals surface area contributed by atoms with Gasteiger partial charge in [0.15, 0.2) is 5.11 Å². The summed E-state index contributed by atoms with van der Waals surface area (Å²) in [7, 11) is 0. The van der Waals surface area contributed by atoms with Crippen LogP contribution in [-0.4, -0.2) is 38.2 Å². The Balaban J connectivity index is 2.01. The molecule has 0 spiro atoms. The van der Waals surface area contributed by atoms with Crippen molar-refractivity contribution in [1.82, 2.24) is 20.2 Å². The Morgan fingerprint density at radius 3 is 2.67 bits per heavy atom. The molecule has 0 amide bonds. The fourth-order valence-electron chi connectivity index (χ4n) is 2.68. The van der Waals surface area contributed by atoms with Crippen LogP contribution in [0.3, 0.4) is 0 Å². The molecule has 2 atom stereocenters. The number of aliphatic hydroxyl groups excluding tert-OH is 1. The van der Waals surface area contributed by atoms with Crippen molar-refractivity contribution in [1.29, 1.82) is 0 Å². The van der Waals surface area contributed by atoms with Crippen LogP contribution in [-0.2, 0) is 0 Å². The zero-order valence-corrected chi connectivity index (χ0v) is 12.2. The lowest BCUT2D eigenvalue weighted by Gasteiger charge is -2.27. The predicted octanol–water partition coefficient (Wildman–Crippen LogP) is 1.44. The molecular weight excluding hydrogens is 284 g/mol. The SMILES string of the molecule is OCCN1C(=S)N[C@@H](c2ccccn2)[C@H]1c1ccncc1. The van der Waals surface area contributed by atoms with E-state index in [1.165, 1.54) is 0 Å². The minimum atomic E-state index is -0.0346. The summed E-state index contributed by atoms with van der Waals surface area (Å²) in [6.07, 6.45) is 5.31. The number of nitrogens with zero attached hydrogens (tertiary/aromatic N) is 3. The van der Waals surface area contributed by atoms with E-state index in [-0.39, 0.29) is 18.7 Å². The molecule has 2 aromatic rings. The Labute approximate surface area is 128 Å². The second kappa shape index (κ2) is 6.15. The molecule has 108 valence electrons. The molecule has 2 aromatic heterocycles. The van der Waals surface area contributed by atoms with Crippen LogP contribution >= 0.6 is 12.2 Å². The van der Waals surface area contributed by atoms with E-state index in [0.29, 0.717) is 11.7 Å². The van der Waals surface area contributed by atoms with E-state index in [1.54, 1.807) is 18.6 Å². The van der Waals surface area contributed by atoms with Crippen LogP contribution in [0.1, 0.15) is 23.3 Å². The first-order chi connectivity index (χ1) is 10.3. The lowest BCUT2D eigenvalue weighted by molar-refractivity contribution is 0.223. The predicted molar refractivity (Wildman–Crippen MR) is 83.5 cm³/mol. The molecule has 0 unspecified atom stereocenters. The lowest BCUT2D eigenvalue weighted by atomic mass is 9.98. The van der Waals surface area contributed by atoms with Crippen molar-refractivity contribution in [3.8, 4) is 0 Å². The third kappa shape index (κ3) is 2.72. The first-order valence-electron chi connectivity index (χ1n) is 6.80. The molecule has 1 fully saturated rings. The third-order valence-electron chi connectivity index (χ3n) is 3.59. The van der Waals surface area contributed by atoms with Crippen molar-refractivity contribution < 1.29 is 5.11 Å². The van der Waals surface area contributed by atoms with E-state index in [2.05, 4.69) is 15.3 Å². The average Bonchev–Trinajstić information content (AvgIpc) is 2.86. The molecule has 0 aliphatic carbocycles. The molecule has 1 saturated heterocycles. The molecule has 2 N–H and O–H groups in total. The van der Waals surface area contributed by atoms with E-state index in [0.717, 1.165) is 11.3 Å². The van der Waals surface area contributed by atoms with E-state index in [9.17, 15) is 5.11 Å². The molecule has 6 heteroatoms. The first kappa shape index (κ1) is 13.9. The number of β-amino-alcohol motifs (C(OH)–C–C–N with tert-alkyl or cyclic N) is 1. The second-order valence-electron chi connectivity index (χ2n) is 4.82. The third-order valence-corrected chi connectivity index (χ3v) is 3.94. The van der Waals surface area contributed by atoms with Crippen molar-refractivity contribution in [2.45, 2.75) is 12.1 Å². The average molecular weight is 300 g/mol. The Morgan fingerprint density at radius 2 is 2.00 bits per heavy atom. The molecule has 3 rings (SSSR count). The van der Waals surface area contributed by atoms with E-state index < -0.39 is 0 Å². The van der Waals surface area contributed by atoms with Crippen molar-refractivity contribution in [3.63, 3.8) is 0 Å². The summed E-state index contributed by atoms with van der Waals surface area (Å²) >= 11 is 5.42. The van der Waals surface area contributed by atoms with E-state index in [4.69, 9.17) is 12.2 Å². The van der Waals surface area contributed by atoms with Crippen molar-refractivity contribution in [2.75, 3.05) is 13.2 Å². The molecule has 0 bridgehead atoms. The number of aromatic nitrogens is 2. The van der Waals surface area contributed by atoms with Gasteiger partial charge in [-0.15, -0.1) is 0 Å². The van der Waals surface area contributed by atoms with Gasteiger partial charge in [0.1, 0.15) is 0 Å². The van der Waals surface area contributed by atoms with Crippen molar-refractivity contribution >= 4 is 17.3 Å². The van der Waals surface area contributed by atoms with Crippen LogP contribution < -0.4 is 5.32 Å². The van der Waals surface area contributed by atoms with Gasteiger partial charge < -0.3 is 15.3 Å². The van der Waals surface area contributed by atoms with Gasteiger partial charge in [-0.05, 0) is 42.0 Å². The van der Waals surface area contributed by atoms with Crippen LogP contribution in [0.15, 0.2) is 48.9 Å². The van der Waals surface area contributed by atoms with Gasteiger partial charge in [-0.2, -0.15) is 0 Å². The van der Waals surface area contributed by atoms with Crippen LogP contribution in [0.4, 0.5) is 0 Å². The molecule has 3 heterocycles. The summed E-state index contributed by atoms with van der Waals surface area (Å²) in [6, 6.07) is 9.75. The first-order valence-corrected chi connectivity index (χ1v) is 7.21. The number of hydrogen-bond donors (Lipinski definition) is 2. The molecule has 1 aliphatic heterocycles. The number of aliphatic hydroxyl groups is 1. The molecule has 0 aromatic carbocycles. The summed E-state index contributed by atoms with van der Waals surface area (Å²) in [5.74, 6) is 0. The van der Waals surface area contributed by atoms with Gasteiger partial charge in [-0.25, -0.2) is 0 Å². The Kier molecular flexibility index (Phi) is 4.08. The second-order valence-corrected chi connectivity index (χ2v) is 5.21. The van der Waals surface area contributed by atoms with Gasteiger partial charge >= 0.3 is 0 Å². The molecule has 0 saturated carbocycles. The van der Waals surface area contributed by atoms with Gasteiger partial charge in [0.2, 0.25) is 0 Å². The Morgan fingerprint density at radius 1 is 1.19 bits per heavy atom. The standard InChI is InChI=1S/C15H16N4OS/c20-10-9-19-14(11-4-7-16-8-5-11)13(18-15(19)21)12-3-1-2-6-17-12/h1-8,13-14,20H,9-10H2,(H,18,21)/t13-,14+/m0/s1. The molecule has 1 aliphatic rings. The number of thiocarbonyl (C=S) groups is 1. The van der Waals surface area contributed by atoms with Crippen LogP contribution in [0.2, 0.25) is 0 Å². The monoisotopic (exact) mass is 300 g/mol. The van der Waals surface area contributed by atoms with Gasteiger partial charge in [0, 0.05) is 25.1 Å². The molecule has 5 nitrogen and oxygen atoms in total. The minimum absolute atomic E-state index is 0.00236. The number of nitrogens with one attached hydrogen (secondary N) is 1. The number of hydrogen-bond acceptors (Lipinski definition) is 4. The normalized spacial score (nSPS) is 21.4. The maximum atomic E-state index is 9.31. The van der Waals surface area contributed by atoms with Crippen LogP contribution in [0.5, 0.6) is 0 Å². The highest BCUT2D eigenvalue weighted by Gasteiger charge is 2.39. The summed E-state index contributed by atoms with van der Waals surface area (Å²) in [6.45, 7) is 0.542. The van der Waals surface area contributed by atoms with Gasteiger partial charge in [-0.1, -0.05) is 6.07 Å². The van der Waals surface area contributed by atoms with Crippen LogP contribution in [0.25, 0.3) is 0 Å². The number of pyridine rings is 2. The van der Waals surface area contributed by atoms with E-state index in [1.807, 2.05) is 35.2 Å². The summed E-state index contributed by atoms with van der Waals surface area (Å²) in [5.41, 5.74) is 2.03. The van der Waals surface area contributed by atoms with Gasteiger partial charge in [0.05, 0.1) is 24.4 Å². The molecule has 21 heavy (non-hydrogen) atoms. The summed E-state index contributed by atoms with van der Waals surface area (Å²) < 4.78 is 0. The summed E-state index contributed by atoms with van der Waals surface area (Å²) in [4.78, 5) is 10.5. The van der Waals surface area contributed by atoms with Crippen molar-refractivity contribution in [3.05, 3.63) is 60.2 Å². The van der Waals surface area contributed by atoms with Crippen LogP contribution in [0, 0.1) is 0 Å². The maximum Gasteiger partial charge on any atom is 0.170 e. The summed E-state index contributed by atoms with van der Waals surface area (Å²) in [5, 5.41) is 13.3. The van der Waals surface area contributed by atoms with E-state index >= 15 is 0 Å². The maximum absolute atomic E-state index is 9.31. The zero-order chi connectivity index (χ0) is 14.7. The Bertz CT molecular complexity index is 608. The van der Waals surface area contributed by atoms with Gasteiger partial charge in [-0.3, -0.25) is 9.97 Å². The molecular formula is C15H16N4OS. The zero-order valence-electron chi connectivity index (χ0n) is 11.4. The lowest BCUT2D eigenvalue weighted by Crippen LogP contribution is -2.32. The Hall–Kier alpha value is -2.05. The van der Waals surface area contributed by atoms with Crippen molar-refractivity contribution in [2.24, 2.45) is 0 Å². The highest BCUT2D eigenvalue weighted by atomic mass is 32.1. The molecule has 0 radical (unpaired) electrons. The smallest absolute Gasteiger partial charge is 0.170 e. The fourth-order valence-corrected chi connectivity index (χ4v) is 3.01. The van der Waals surface area contributed by atoms with Gasteiger partial charge in [0.25, 0.3) is 0 Å². The number of rotatable bonds is 4. The highest BCUT2D eigenvalue weighted by Crippen LogP contribution is 2.37. The minimum Gasteiger partial charge on any atom is -0.395 e. The largest absolute Gasteiger partial charge is 0.395 e.